The van der Waals surface area contributed by atoms with Gasteiger partial charge in [-0.15, -0.1) is 0 Å². The van der Waals surface area contributed by atoms with Gasteiger partial charge in [-0.25, -0.2) is 0 Å². The van der Waals surface area contributed by atoms with E-state index in [4.69, 9.17) is 5.73 Å². The number of aryl methyl sites for hydroxylation is 1. The average molecular weight is 282 g/mol. The molecule has 2 aromatic rings. The van der Waals surface area contributed by atoms with Gasteiger partial charge in [0, 0.05) is 23.8 Å². The summed E-state index contributed by atoms with van der Waals surface area (Å²) in [6.07, 6.45) is 0. The first-order valence-corrected chi connectivity index (χ1v) is 7.20. The summed E-state index contributed by atoms with van der Waals surface area (Å²) in [5, 5.41) is 0. The van der Waals surface area contributed by atoms with Gasteiger partial charge in [-0.3, -0.25) is 4.79 Å². The van der Waals surface area contributed by atoms with Crippen molar-refractivity contribution >= 4 is 11.6 Å². The summed E-state index contributed by atoms with van der Waals surface area (Å²) in [6, 6.07) is 15.6. The Labute approximate surface area is 126 Å². The largest absolute Gasteiger partial charge is 0.399 e. The van der Waals surface area contributed by atoms with Crippen LogP contribution in [0.4, 0.5) is 5.69 Å². The molecule has 0 aliphatic carbocycles. The van der Waals surface area contributed by atoms with Crippen LogP contribution in [0.3, 0.4) is 0 Å². The first kappa shape index (κ1) is 15.1. The molecule has 0 heterocycles. The third-order valence-corrected chi connectivity index (χ3v) is 3.56. The minimum atomic E-state index is 0.0475. The molecule has 0 fully saturated rings. The fourth-order valence-electron chi connectivity index (χ4n) is 2.35. The summed E-state index contributed by atoms with van der Waals surface area (Å²) >= 11 is 0. The molecule has 2 N–H and O–H groups in total. The van der Waals surface area contributed by atoms with Crippen LogP contribution in [-0.2, 0) is 6.54 Å². The van der Waals surface area contributed by atoms with Crippen molar-refractivity contribution in [2.24, 2.45) is 0 Å². The Hall–Kier alpha value is -2.29. The smallest absolute Gasteiger partial charge is 0.254 e. The molecule has 0 aliphatic rings. The summed E-state index contributed by atoms with van der Waals surface area (Å²) in [5.74, 6) is 0.0475. The van der Waals surface area contributed by atoms with Crippen LogP contribution in [0, 0.1) is 6.92 Å². The number of nitrogens with zero attached hydrogens (tertiary/aromatic N) is 1. The van der Waals surface area contributed by atoms with Crippen LogP contribution in [0.1, 0.15) is 35.3 Å². The van der Waals surface area contributed by atoms with Gasteiger partial charge in [-0.05, 0) is 50.1 Å². The van der Waals surface area contributed by atoms with Crippen molar-refractivity contribution in [1.82, 2.24) is 4.90 Å². The van der Waals surface area contributed by atoms with E-state index in [2.05, 4.69) is 0 Å². The Bertz CT molecular complexity index is 620. The van der Waals surface area contributed by atoms with Gasteiger partial charge in [0.1, 0.15) is 0 Å². The summed E-state index contributed by atoms with van der Waals surface area (Å²) in [6.45, 7) is 6.60. The van der Waals surface area contributed by atoms with E-state index in [0.717, 1.165) is 11.1 Å². The zero-order chi connectivity index (χ0) is 15.4. The molecule has 0 unspecified atom stereocenters. The highest BCUT2D eigenvalue weighted by molar-refractivity contribution is 5.96. The maximum Gasteiger partial charge on any atom is 0.254 e. The minimum Gasteiger partial charge on any atom is -0.399 e. The van der Waals surface area contributed by atoms with Gasteiger partial charge in [-0.2, -0.15) is 0 Å². The maximum atomic E-state index is 12.8. The number of rotatable bonds is 4. The topological polar surface area (TPSA) is 46.3 Å². The van der Waals surface area contributed by atoms with Gasteiger partial charge in [0.05, 0.1) is 0 Å². The number of hydrogen-bond acceptors (Lipinski definition) is 2. The van der Waals surface area contributed by atoms with Crippen molar-refractivity contribution in [3.05, 3.63) is 65.2 Å². The highest BCUT2D eigenvalue weighted by Crippen LogP contribution is 2.18. The van der Waals surface area contributed by atoms with E-state index >= 15 is 0 Å². The second-order valence-electron chi connectivity index (χ2n) is 5.59. The fraction of sp³-hybridized carbons (Fsp3) is 0.278. The number of benzene rings is 2. The average Bonchev–Trinajstić information content (AvgIpc) is 2.45. The number of hydrogen-bond donors (Lipinski definition) is 1. The lowest BCUT2D eigenvalue weighted by Gasteiger charge is -2.27. The van der Waals surface area contributed by atoms with E-state index < -0.39 is 0 Å². The van der Waals surface area contributed by atoms with Crippen molar-refractivity contribution in [2.75, 3.05) is 5.73 Å². The zero-order valence-electron chi connectivity index (χ0n) is 12.8. The van der Waals surface area contributed by atoms with Gasteiger partial charge in [0.2, 0.25) is 0 Å². The molecule has 0 aromatic heterocycles. The van der Waals surface area contributed by atoms with Crippen LogP contribution in [-0.4, -0.2) is 16.8 Å². The predicted molar refractivity (Wildman–Crippen MR) is 87.0 cm³/mol. The predicted octanol–water partition coefficient (Wildman–Crippen LogP) is 3.63. The Morgan fingerprint density at radius 3 is 2.38 bits per heavy atom. The number of anilines is 1. The molecule has 0 radical (unpaired) electrons. The van der Waals surface area contributed by atoms with Crippen LogP contribution >= 0.6 is 0 Å². The number of nitrogens with two attached hydrogens (primary N) is 1. The second-order valence-corrected chi connectivity index (χ2v) is 5.59. The molecule has 21 heavy (non-hydrogen) atoms. The lowest BCUT2D eigenvalue weighted by atomic mass is 10.1. The quantitative estimate of drug-likeness (QED) is 0.870. The third kappa shape index (κ3) is 3.63. The summed E-state index contributed by atoms with van der Waals surface area (Å²) in [5.41, 5.74) is 9.21. The minimum absolute atomic E-state index is 0.0475. The SMILES string of the molecule is Cc1cc(N)ccc1C(=O)N(Cc1ccccc1)C(C)C. The monoisotopic (exact) mass is 282 g/mol. The highest BCUT2D eigenvalue weighted by atomic mass is 16.2. The molecule has 0 saturated heterocycles. The Kier molecular flexibility index (Phi) is 4.63. The molecule has 0 saturated carbocycles. The summed E-state index contributed by atoms with van der Waals surface area (Å²) in [7, 11) is 0. The highest BCUT2D eigenvalue weighted by Gasteiger charge is 2.20. The van der Waals surface area contributed by atoms with E-state index in [1.54, 1.807) is 6.07 Å². The lowest BCUT2D eigenvalue weighted by Crippen LogP contribution is -2.36. The summed E-state index contributed by atoms with van der Waals surface area (Å²) < 4.78 is 0. The van der Waals surface area contributed by atoms with Crippen LogP contribution < -0.4 is 5.73 Å². The molecular weight excluding hydrogens is 260 g/mol. The first-order chi connectivity index (χ1) is 9.99. The first-order valence-electron chi connectivity index (χ1n) is 7.20. The van der Waals surface area contributed by atoms with E-state index in [9.17, 15) is 4.79 Å². The molecule has 1 amide bonds. The Morgan fingerprint density at radius 2 is 1.81 bits per heavy atom. The second kappa shape index (κ2) is 6.44. The Balaban J connectivity index is 2.27. The van der Waals surface area contributed by atoms with E-state index in [0.29, 0.717) is 17.8 Å². The molecule has 0 spiro atoms. The van der Waals surface area contributed by atoms with Crippen molar-refractivity contribution in [3.63, 3.8) is 0 Å². The Morgan fingerprint density at radius 1 is 1.14 bits per heavy atom. The standard InChI is InChI=1S/C18H22N2O/c1-13(2)20(12-15-7-5-4-6-8-15)18(21)17-10-9-16(19)11-14(17)3/h4-11,13H,12,19H2,1-3H3. The normalized spacial score (nSPS) is 10.7. The van der Waals surface area contributed by atoms with E-state index in [1.165, 1.54) is 0 Å². The van der Waals surface area contributed by atoms with Gasteiger partial charge in [0.15, 0.2) is 0 Å². The van der Waals surface area contributed by atoms with Gasteiger partial charge in [0.25, 0.3) is 5.91 Å². The molecule has 0 bridgehead atoms. The maximum absolute atomic E-state index is 12.8. The number of carbonyl (C=O) groups excluding carboxylic acids is 1. The molecule has 3 nitrogen and oxygen atoms in total. The molecule has 2 aromatic carbocycles. The number of carbonyl (C=O) groups is 1. The molecule has 2 rings (SSSR count). The zero-order valence-corrected chi connectivity index (χ0v) is 12.8. The van der Waals surface area contributed by atoms with Crippen LogP contribution in [0.5, 0.6) is 0 Å². The van der Waals surface area contributed by atoms with Crippen LogP contribution in [0.2, 0.25) is 0 Å². The van der Waals surface area contributed by atoms with Crippen LogP contribution in [0.15, 0.2) is 48.5 Å². The fourth-order valence-corrected chi connectivity index (χ4v) is 2.35. The third-order valence-electron chi connectivity index (χ3n) is 3.56. The summed E-state index contributed by atoms with van der Waals surface area (Å²) in [4.78, 5) is 14.7. The number of nitrogen functional groups attached to an aromatic ring is 1. The van der Waals surface area contributed by atoms with Crippen molar-refractivity contribution in [3.8, 4) is 0 Å². The van der Waals surface area contributed by atoms with Crippen LogP contribution in [0.25, 0.3) is 0 Å². The molecule has 0 atom stereocenters. The van der Waals surface area contributed by atoms with Gasteiger partial charge in [-0.1, -0.05) is 30.3 Å². The molecular formula is C18H22N2O. The van der Waals surface area contributed by atoms with Crippen molar-refractivity contribution < 1.29 is 4.79 Å². The van der Waals surface area contributed by atoms with Crippen molar-refractivity contribution in [1.29, 1.82) is 0 Å². The molecule has 3 heteroatoms. The lowest BCUT2D eigenvalue weighted by molar-refractivity contribution is 0.0689. The number of amides is 1. The van der Waals surface area contributed by atoms with E-state index in [-0.39, 0.29) is 11.9 Å². The van der Waals surface area contributed by atoms with Crippen molar-refractivity contribution in [2.45, 2.75) is 33.4 Å². The van der Waals surface area contributed by atoms with Gasteiger partial charge >= 0.3 is 0 Å². The van der Waals surface area contributed by atoms with Gasteiger partial charge < -0.3 is 10.6 Å². The molecule has 0 aliphatic heterocycles. The van der Waals surface area contributed by atoms with E-state index in [1.807, 2.05) is 68.1 Å². The molecule has 110 valence electrons.